The highest BCUT2D eigenvalue weighted by atomic mass is 16.5. The van der Waals surface area contributed by atoms with Crippen molar-refractivity contribution >= 4 is 11.8 Å². The minimum Gasteiger partial charge on any atom is -0.749 e. The number of hydrogen-bond acceptors (Lipinski definition) is 4. The number of hydroxylamine groups is 2. The van der Waals surface area contributed by atoms with Gasteiger partial charge in [-0.25, -0.2) is 0 Å². The summed E-state index contributed by atoms with van der Waals surface area (Å²) >= 11 is 0. The molecule has 0 saturated carbocycles. The summed E-state index contributed by atoms with van der Waals surface area (Å²) in [5, 5.41) is 13.4. The van der Waals surface area contributed by atoms with Crippen LogP contribution in [0.3, 0.4) is 0 Å². The predicted molar refractivity (Wildman–Crippen MR) is 50.8 cm³/mol. The smallest absolute Gasteiger partial charge is 0.265 e. The normalized spacial score (nSPS) is 20.1. The Morgan fingerprint density at radius 3 is 2.93 bits per heavy atom. The van der Waals surface area contributed by atoms with E-state index in [1.54, 1.807) is 6.08 Å². The summed E-state index contributed by atoms with van der Waals surface area (Å²) in [7, 11) is 0. The summed E-state index contributed by atoms with van der Waals surface area (Å²) < 4.78 is 0. The fourth-order valence-corrected chi connectivity index (χ4v) is 1.15. The van der Waals surface area contributed by atoms with Crippen LogP contribution in [-0.2, 0) is 9.59 Å². The molecule has 0 aliphatic carbocycles. The van der Waals surface area contributed by atoms with E-state index in [9.17, 15) is 14.8 Å². The van der Waals surface area contributed by atoms with Crippen molar-refractivity contribution in [2.75, 3.05) is 6.54 Å². The van der Waals surface area contributed by atoms with Gasteiger partial charge in [0, 0.05) is 0 Å². The van der Waals surface area contributed by atoms with E-state index in [0.29, 0.717) is 0 Å². The lowest BCUT2D eigenvalue weighted by molar-refractivity contribution is -0.140. The van der Waals surface area contributed by atoms with Crippen molar-refractivity contribution in [3.63, 3.8) is 0 Å². The molecule has 0 aromatic carbocycles. The number of amides is 2. The van der Waals surface area contributed by atoms with Crippen LogP contribution in [0.4, 0.5) is 0 Å². The molecule has 1 fully saturated rings. The van der Waals surface area contributed by atoms with E-state index in [1.165, 1.54) is 0 Å². The summed E-state index contributed by atoms with van der Waals surface area (Å²) in [6, 6.07) is 0. The van der Waals surface area contributed by atoms with Crippen LogP contribution in [0.25, 0.3) is 0 Å². The molecule has 0 aromatic rings. The number of piperazine rings is 1. The molecule has 1 saturated heterocycles. The lowest BCUT2D eigenvalue weighted by Gasteiger charge is -2.31. The van der Waals surface area contributed by atoms with Crippen LogP contribution >= 0.6 is 0 Å². The third-order valence-electron chi connectivity index (χ3n) is 1.98. The molecular weight excluding hydrogens is 184 g/mol. The standard InChI is InChI=1S/C9H13N2O3/c1-2-3-4-5-7-9(13)11(14)8(12)6-10-7/h5,10H,2-4,6H2,1H3/q-1. The predicted octanol–water partition coefficient (Wildman–Crippen LogP) is 0.517. The number of allylic oxidation sites excluding steroid dienone is 1. The zero-order valence-corrected chi connectivity index (χ0v) is 8.08. The van der Waals surface area contributed by atoms with Crippen LogP contribution in [0.1, 0.15) is 26.2 Å². The van der Waals surface area contributed by atoms with Crippen LogP contribution in [0, 0.1) is 5.21 Å². The highest BCUT2D eigenvalue weighted by Crippen LogP contribution is 2.06. The molecule has 1 rings (SSSR count). The largest absolute Gasteiger partial charge is 0.749 e. The molecule has 0 spiro atoms. The first kappa shape index (κ1) is 10.7. The molecule has 1 N–H and O–H groups in total. The SMILES string of the molecule is CCCCC=C1NCC(=O)N([O-])C1=O. The summed E-state index contributed by atoms with van der Waals surface area (Å²) in [5.41, 5.74) is 0.244. The number of carbonyl (C=O) groups excluding carboxylic acids is 2. The molecule has 1 aliphatic rings. The summed E-state index contributed by atoms with van der Waals surface area (Å²) in [5.74, 6) is -1.51. The topological polar surface area (TPSA) is 72.5 Å². The lowest BCUT2D eigenvalue weighted by atomic mass is 10.2. The van der Waals surface area contributed by atoms with Crippen molar-refractivity contribution in [3.05, 3.63) is 17.0 Å². The molecule has 2 amide bonds. The Balaban J connectivity index is 2.59. The Hall–Kier alpha value is -1.36. The van der Waals surface area contributed by atoms with Gasteiger partial charge in [0.25, 0.3) is 5.91 Å². The molecule has 1 heterocycles. The molecule has 0 aromatic heterocycles. The molecule has 5 nitrogen and oxygen atoms in total. The number of nitrogens with one attached hydrogen (secondary N) is 1. The lowest BCUT2D eigenvalue weighted by Crippen LogP contribution is -2.47. The van der Waals surface area contributed by atoms with Crippen LogP contribution in [0.5, 0.6) is 0 Å². The number of imide groups is 1. The van der Waals surface area contributed by atoms with Crippen LogP contribution in [-0.4, -0.2) is 23.4 Å². The first-order valence-corrected chi connectivity index (χ1v) is 4.65. The van der Waals surface area contributed by atoms with Crippen LogP contribution < -0.4 is 5.32 Å². The number of nitrogens with zero attached hydrogens (tertiary/aromatic N) is 1. The number of rotatable bonds is 3. The van der Waals surface area contributed by atoms with Gasteiger partial charge in [0.05, 0.1) is 12.2 Å². The molecule has 14 heavy (non-hydrogen) atoms. The second-order valence-corrected chi connectivity index (χ2v) is 3.11. The van der Waals surface area contributed by atoms with Gasteiger partial charge in [-0.05, 0) is 12.8 Å². The molecule has 0 atom stereocenters. The summed E-state index contributed by atoms with van der Waals surface area (Å²) in [4.78, 5) is 22.0. The van der Waals surface area contributed by atoms with Crippen molar-refractivity contribution < 1.29 is 9.59 Å². The quantitative estimate of drug-likeness (QED) is 0.406. The maximum absolute atomic E-state index is 11.2. The summed E-state index contributed by atoms with van der Waals surface area (Å²) in [6.45, 7) is 1.95. The van der Waals surface area contributed by atoms with Crippen molar-refractivity contribution in [1.29, 1.82) is 0 Å². The molecule has 5 heteroatoms. The van der Waals surface area contributed by atoms with Crippen LogP contribution in [0.15, 0.2) is 11.8 Å². The fourth-order valence-electron chi connectivity index (χ4n) is 1.15. The second kappa shape index (κ2) is 4.76. The molecule has 0 bridgehead atoms. The molecule has 78 valence electrons. The fraction of sp³-hybridized carbons (Fsp3) is 0.556. The van der Waals surface area contributed by atoms with E-state index >= 15 is 0 Å². The highest BCUT2D eigenvalue weighted by molar-refractivity contribution is 6.07. The number of carbonyl (C=O) groups is 2. The first-order chi connectivity index (χ1) is 6.66. The molecule has 0 unspecified atom stereocenters. The summed E-state index contributed by atoms with van der Waals surface area (Å²) in [6.07, 6.45) is 4.40. The Kier molecular flexibility index (Phi) is 3.64. The molecule has 0 radical (unpaired) electrons. The minimum atomic E-state index is -0.780. The van der Waals surface area contributed by atoms with Gasteiger partial charge in [-0.15, -0.1) is 0 Å². The van der Waals surface area contributed by atoms with Crippen molar-refractivity contribution in [3.8, 4) is 0 Å². The van der Waals surface area contributed by atoms with Gasteiger partial charge in [0.15, 0.2) is 0 Å². The van der Waals surface area contributed by atoms with Gasteiger partial charge in [-0.3, -0.25) is 9.59 Å². The zero-order valence-electron chi connectivity index (χ0n) is 8.08. The third kappa shape index (κ3) is 2.32. The van der Waals surface area contributed by atoms with Crippen molar-refractivity contribution in [2.24, 2.45) is 0 Å². The van der Waals surface area contributed by atoms with Crippen LogP contribution in [0.2, 0.25) is 0 Å². The highest BCUT2D eigenvalue weighted by Gasteiger charge is 2.22. The molecule has 1 aliphatic heterocycles. The number of unbranched alkanes of at least 4 members (excludes halogenated alkanes) is 2. The first-order valence-electron chi connectivity index (χ1n) is 4.65. The third-order valence-corrected chi connectivity index (χ3v) is 1.98. The van der Waals surface area contributed by atoms with Gasteiger partial charge in [0.2, 0.25) is 5.91 Å². The van der Waals surface area contributed by atoms with Crippen molar-refractivity contribution in [2.45, 2.75) is 26.2 Å². The monoisotopic (exact) mass is 197 g/mol. The minimum absolute atomic E-state index is 0.0890. The van der Waals surface area contributed by atoms with E-state index in [1.807, 2.05) is 6.92 Å². The molecular formula is C9H13N2O3-. The van der Waals surface area contributed by atoms with Gasteiger partial charge >= 0.3 is 0 Å². The van der Waals surface area contributed by atoms with E-state index in [-0.39, 0.29) is 17.3 Å². The Labute approximate surface area is 82.3 Å². The van der Waals surface area contributed by atoms with Gasteiger partial charge in [-0.1, -0.05) is 19.4 Å². The van der Waals surface area contributed by atoms with Gasteiger partial charge < -0.3 is 15.6 Å². The zero-order chi connectivity index (χ0) is 10.6. The average molecular weight is 197 g/mol. The maximum atomic E-state index is 11.2. The number of hydrogen-bond donors (Lipinski definition) is 1. The second-order valence-electron chi connectivity index (χ2n) is 3.11. The Morgan fingerprint density at radius 2 is 2.29 bits per heavy atom. The van der Waals surface area contributed by atoms with Crippen molar-refractivity contribution in [1.82, 2.24) is 10.4 Å². The maximum Gasteiger partial charge on any atom is 0.265 e. The van der Waals surface area contributed by atoms with Gasteiger partial charge in [-0.2, -0.15) is 0 Å². The van der Waals surface area contributed by atoms with E-state index in [4.69, 9.17) is 0 Å². The Morgan fingerprint density at radius 1 is 1.57 bits per heavy atom. The Bertz CT molecular complexity index is 273. The van der Waals surface area contributed by atoms with E-state index in [0.717, 1.165) is 19.3 Å². The van der Waals surface area contributed by atoms with Gasteiger partial charge in [0.1, 0.15) is 0 Å². The van der Waals surface area contributed by atoms with E-state index < -0.39 is 11.8 Å². The van der Waals surface area contributed by atoms with E-state index in [2.05, 4.69) is 5.32 Å². The average Bonchev–Trinajstić information content (AvgIpc) is 2.18.